The molecule has 1 aromatic heterocycles. The van der Waals surface area contributed by atoms with E-state index in [1.165, 1.54) is 7.11 Å². The quantitative estimate of drug-likeness (QED) is 0.791. The highest BCUT2D eigenvalue weighted by molar-refractivity contribution is 5.97. The lowest BCUT2D eigenvalue weighted by molar-refractivity contribution is -0.146. The molecular formula is C17H21N3O4. The molecule has 0 unspecified atom stereocenters. The van der Waals surface area contributed by atoms with Crippen LogP contribution in [-0.2, 0) is 9.53 Å². The number of aromatic nitrogens is 2. The normalized spacial score (nSPS) is 11.0. The van der Waals surface area contributed by atoms with Gasteiger partial charge in [-0.05, 0) is 39.0 Å². The Bertz CT molecular complexity index is 737. The number of H-pyrrole nitrogens is 1. The molecule has 2 N–H and O–H groups in total. The van der Waals surface area contributed by atoms with Crippen LogP contribution >= 0.6 is 0 Å². The maximum atomic E-state index is 12.3. The number of aromatic amines is 1. The summed E-state index contributed by atoms with van der Waals surface area (Å²) in [5.74, 6) is -0.288. The Morgan fingerprint density at radius 3 is 2.67 bits per heavy atom. The van der Waals surface area contributed by atoms with E-state index >= 15 is 0 Å². The summed E-state index contributed by atoms with van der Waals surface area (Å²) >= 11 is 0. The van der Waals surface area contributed by atoms with Gasteiger partial charge in [0.05, 0.1) is 19.4 Å². The van der Waals surface area contributed by atoms with E-state index in [1.54, 1.807) is 19.9 Å². The Morgan fingerprint density at radius 1 is 1.29 bits per heavy atom. The highest BCUT2D eigenvalue weighted by Gasteiger charge is 2.31. The maximum Gasteiger partial charge on any atom is 0.330 e. The highest BCUT2D eigenvalue weighted by atomic mass is 16.5. The van der Waals surface area contributed by atoms with Gasteiger partial charge in [-0.25, -0.2) is 4.79 Å². The summed E-state index contributed by atoms with van der Waals surface area (Å²) < 4.78 is 10.2. The SMILES string of the molecule is CCOc1ccccc1-c1cc(C(=O)NC(C)(C)C(=O)OC)[nH]n1. The third-order valence-corrected chi connectivity index (χ3v) is 3.41. The van der Waals surface area contributed by atoms with Gasteiger partial charge in [0.15, 0.2) is 0 Å². The number of ether oxygens (including phenoxy) is 2. The molecule has 7 heteroatoms. The molecule has 0 saturated heterocycles. The number of amides is 1. The summed E-state index contributed by atoms with van der Waals surface area (Å²) in [5.41, 5.74) is 0.468. The molecular weight excluding hydrogens is 310 g/mol. The Kier molecular flexibility index (Phi) is 5.23. The fourth-order valence-corrected chi connectivity index (χ4v) is 2.19. The van der Waals surface area contributed by atoms with E-state index < -0.39 is 17.4 Å². The Labute approximate surface area is 140 Å². The minimum absolute atomic E-state index is 0.244. The van der Waals surface area contributed by atoms with E-state index in [2.05, 4.69) is 20.3 Å². The number of carbonyl (C=O) groups is 2. The van der Waals surface area contributed by atoms with Gasteiger partial charge >= 0.3 is 5.97 Å². The van der Waals surface area contributed by atoms with Crippen LogP contribution < -0.4 is 10.1 Å². The molecule has 2 rings (SSSR count). The number of hydrogen-bond acceptors (Lipinski definition) is 5. The van der Waals surface area contributed by atoms with Gasteiger partial charge < -0.3 is 14.8 Å². The first-order valence-corrected chi connectivity index (χ1v) is 7.57. The molecule has 7 nitrogen and oxygen atoms in total. The molecule has 0 spiro atoms. The van der Waals surface area contributed by atoms with Crippen molar-refractivity contribution in [3.05, 3.63) is 36.0 Å². The van der Waals surface area contributed by atoms with Gasteiger partial charge in [0, 0.05) is 5.56 Å². The van der Waals surface area contributed by atoms with Crippen molar-refractivity contribution in [1.82, 2.24) is 15.5 Å². The van der Waals surface area contributed by atoms with Crippen LogP contribution in [0.3, 0.4) is 0 Å². The highest BCUT2D eigenvalue weighted by Crippen LogP contribution is 2.28. The summed E-state index contributed by atoms with van der Waals surface area (Å²) in [6, 6.07) is 9.05. The monoisotopic (exact) mass is 331 g/mol. The van der Waals surface area contributed by atoms with Crippen molar-refractivity contribution < 1.29 is 19.1 Å². The number of para-hydroxylation sites is 1. The third kappa shape index (κ3) is 3.73. The molecule has 1 amide bonds. The molecule has 0 radical (unpaired) electrons. The smallest absolute Gasteiger partial charge is 0.330 e. The molecule has 0 fully saturated rings. The number of nitrogens with one attached hydrogen (secondary N) is 2. The lowest BCUT2D eigenvalue weighted by Gasteiger charge is -2.22. The molecule has 128 valence electrons. The van der Waals surface area contributed by atoms with Crippen molar-refractivity contribution in [3.8, 4) is 17.0 Å². The molecule has 24 heavy (non-hydrogen) atoms. The molecule has 0 saturated carbocycles. The van der Waals surface area contributed by atoms with Crippen molar-refractivity contribution in [2.45, 2.75) is 26.3 Å². The summed E-state index contributed by atoms with van der Waals surface area (Å²) in [4.78, 5) is 24.0. The number of hydrogen-bond donors (Lipinski definition) is 2. The lowest BCUT2D eigenvalue weighted by atomic mass is 10.1. The zero-order chi connectivity index (χ0) is 17.7. The van der Waals surface area contributed by atoms with Gasteiger partial charge in [0.1, 0.15) is 17.0 Å². The first-order chi connectivity index (χ1) is 11.4. The van der Waals surface area contributed by atoms with Gasteiger partial charge in [-0.2, -0.15) is 5.10 Å². The topological polar surface area (TPSA) is 93.3 Å². The fourth-order valence-electron chi connectivity index (χ4n) is 2.19. The maximum absolute atomic E-state index is 12.3. The standard InChI is InChI=1S/C17H21N3O4/c1-5-24-14-9-7-6-8-11(14)12-10-13(20-19-12)15(21)18-17(2,3)16(22)23-4/h6-10H,5H2,1-4H3,(H,18,21)(H,19,20). The van der Waals surface area contributed by atoms with Crippen LogP contribution in [0.4, 0.5) is 0 Å². The van der Waals surface area contributed by atoms with Gasteiger partial charge in [-0.3, -0.25) is 9.89 Å². The van der Waals surface area contributed by atoms with Crippen LogP contribution in [-0.4, -0.2) is 41.3 Å². The predicted octanol–water partition coefficient (Wildman–Crippen LogP) is 2.16. The van der Waals surface area contributed by atoms with Gasteiger partial charge in [-0.1, -0.05) is 12.1 Å². The molecule has 0 aliphatic rings. The van der Waals surface area contributed by atoms with Crippen LogP contribution in [0, 0.1) is 0 Å². The predicted molar refractivity (Wildman–Crippen MR) is 88.8 cm³/mol. The molecule has 1 aromatic carbocycles. The van der Waals surface area contributed by atoms with Crippen LogP contribution in [0.1, 0.15) is 31.3 Å². The van der Waals surface area contributed by atoms with Crippen molar-refractivity contribution >= 4 is 11.9 Å². The van der Waals surface area contributed by atoms with E-state index in [0.29, 0.717) is 18.1 Å². The van der Waals surface area contributed by atoms with Crippen LogP contribution in [0.2, 0.25) is 0 Å². The molecule has 0 aliphatic carbocycles. The molecule has 2 aromatic rings. The number of benzene rings is 1. The first kappa shape index (κ1) is 17.5. The first-order valence-electron chi connectivity index (χ1n) is 7.57. The van der Waals surface area contributed by atoms with Crippen molar-refractivity contribution in [2.75, 3.05) is 13.7 Å². The number of nitrogens with zero attached hydrogens (tertiary/aromatic N) is 1. The molecule has 0 bridgehead atoms. The second-order valence-corrected chi connectivity index (χ2v) is 5.67. The average Bonchev–Trinajstić information content (AvgIpc) is 3.04. The third-order valence-electron chi connectivity index (χ3n) is 3.41. The van der Waals surface area contributed by atoms with Gasteiger partial charge in [0.25, 0.3) is 5.91 Å². The van der Waals surface area contributed by atoms with E-state index in [4.69, 9.17) is 4.74 Å². The molecule has 0 atom stereocenters. The zero-order valence-corrected chi connectivity index (χ0v) is 14.2. The molecule has 1 heterocycles. The van der Waals surface area contributed by atoms with Crippen molar-refractivity contribution in [2.24, 2.45) is 0 Å². The fraction of sp³-hybridized carbons (Fsp3) is 0.353. The number of methoxy groups -OCH3 is 1. The number of carbonyl (C=O) groups excluding carboxylic acids is 2. The van der Waals surface area contributed by atoms with Gasteiger partial charge in [0.2, 0.25) is 0 Å². The van der Waals surface area contributed by atoms with Crippen molar-refractivity contribution in [1.29, 1.82) is 0 Å². The summed E-state index contributed by atoms with van der Waals surface area (Å²) in [5, 5.41) is 9.46. The Morgan fingerprint density at radius 2 is 2.00 bits per heavy atom. The second-order valence-electron chi connectivity index (χ2n) is 5.67. The minimum Gasteiger partial charge on any atom is -0.493 e. The zero-order valence-electron chi connectivity index (χ0n) is 14.2. The van der Waals surface area contributed by atoms with Gasteiger partial charge in [-0.15, -0.1) is 0 Å². The minimum atomic E-state index is -1.14. The number of esters is 1. The van der Waals surface area contributed by atoms with Crippen LogP contribution in [0.15, 0.2) is 30.3 Å². The van der Waals surface area contributed by atoms with Crippen LogP contribution in [0.5, 0.6) is 5.75 Å². The molecule has 0 aliphatic heterocycles. The summed E-state index contributed by atoms with van der Waals surface area (Å²) in [6.45, 7) is 5.56. The lowest BCUT2D eigenvalue weighted by Crippen LogP contribution is -2.50. The van der Waals surface area contributed by atoms with E-state index in [1.807, 2.05) is 31.2 Å². The van der Waals surface area contributed by atoms with E-state index in [-0.39, 0.29) is 5.69 Å². The largest absolute Gasteiger partial charge is 0.493 e. The summed E-state index contributed by atoms with van der Waals surface area (Å²) in [7, 11) is 1.27. The number of rotatable bonds is 6. The second kappa shape index (κ2) is 7.16. The van der Waals surface area contributed by atoms with Crippen molar-refractivity contribution in [3.63, 3.8) is 0 Å². The average molecular weight is 331 g/mol. The summed E-state index contributed by atoms with van der Waals surface area (Å²) in [6.07, 6.45) is 0. The Balaban J connectivity index is 2.22. The van der Waals surface area contributed by atoms with E-state index in [0.717, 1.165) is 5.56 Å². The van der Waals surface area contributed by atoms with Crippen LogP contribution in [0.25, 0.3) is 11.3 Å². The Hall–Kier alpha value is -2.83. The van der Waals surface area contributed by atoms with E-state index in [9.17, 15) is 9.59 Å².